The summed E-state index contributed by atoms with van der Waals surface area (Å²) < 4.78 is 16.2. The molecular weight excluding hydrogens is 438 g/mol. The molecule has 9 heteroatoms. The molecule has 0 bridgehead atoms. The third kappa shape index (κ3) is 5.04. The SMILES string of the molecule is COc1ccc(N(C(=O)c2ccco2)C2CCN(Cc3cccc([N+](=O)[O-])c3)CC2)cc1OC. The molecule has 0 atom stereocenters. The normalized spacial score (nSPS) is 14.5. The fraction of sp³-hybridized carbons (Fsp3) is 0.320. The number of non-ortho nitro benzene ring substituents is 1. The van der Waals surface area contributed by atoms with Crippen LogP contribution in [-0.4, -0.2) is 49.1 Å². The quantitative estimate of drug-likeness (QED) is 0.356. The first-order chi connectivity index (χ1) is 16.5. The number of nitro benzene ring substituents is 1. The molecule has 34 heavy (non-hydrogen) atoms. The van der Waals surface area contributed by atoms with Gasteiger partial charge in [0.25, 0.3) is 11.6 Å². The van der Waals surface area contributed by atoms with Crippen LogP contribution in [-0.2, 0) is 6.54 Å². The van der Waals surface area contributed by atoms with E-state index in [1.54, 1.807) is 55.5 Å². The smallest absolute Gasteiger partial charge is 0.294 e. The highest BCUT2D eigenvalue weighted by atomic mass is 16.6. The van der Waals surface area contributed by atoms with E-state index < -0.39 is 0 Å². The van der Waals surface area contributed by atoms with Gasteiger partial charge in [0.15, 0.2) is 17.3 Å². The lowest BCUT2D eigenvalue weighted by molar-refractivity contribution is -0.384. The number of nitrogens with zero attached hydrogens (tertiary/aromatic N) is 3. The van der Waals surface area contributed by atoms with E-state index >= 15 is 0 Å². The van der Waals surface area contributed by atoms with Crippen LogP contribution < -0.4 is 14.4 Å². The average Bonchev–Trinajstić information content (AvgIpc) is 3.40. The van der Waals surface area contributed by atoms with Crippen LogP contribution in [0, 0.1) is 10.1 Å². The largest absolute Gasteiger partial charge is 0.493 e. The summed E-state index contributed by atoms with van der Waals surface area (Å²) in [5, 5.41) is 11.1. The molecule has 2 aromatic carbocycles. The van der Waals surface area contributed by atoms with E-state index in [0.717, 1.165) is 31.5 Å². The van der Waals surface area contributed by atoms with Gasteiger partial charge in [-0.2, -0.15) is 0 Å². The van der Waals surface area contributed by atoms with E-state index in [1.807, 2.05) is 12.1 Å². The minimum atomic E-state index is -0.378. The van der Waals surface area contributed by atoms with E-state index in [-0.39, 0.29) is 28.3 Å². The van der Waals surface area contributed by atoms with Gasteiger partial charge in [-0.15, -0.1) is 0 Å². The Kier molecular flexibility index (Phi) is 7.12. The Hall–Kier alpha value is -3.85. The highest BCUT2D eigenvalue weighted by Crippen LogP contribution is 2.34. The third-order valence-electron chi connectivity index (χ3n) is 6.05. The maximum Gasteiger partial charge on any atom is 0.294 e. The molecule has 0 spiro atoms. The number of hydrogen-bond acceptors (Lipinski definition) is 7. The summed E-state index contributed by atoms with van der Waals surface area (Å²) in [6.07, 6.45) is 2.98. The van der Waals surface area contributed by atoms with Gasteiger partial charge >= 0.3 is 0 Å². The molecule has 1 aliphatic rings. The van der Waals surface area contributed by atoms with Crippen molar-refractivity contribution in [2.45, 2.75) is 25.4 Å². The number of carbonyl (C=O) groups excluding carboxylic acids is 1. The number of ether oxygens (including phenoxy) is 2. The minimum absolute atomic E-state index is 0.0444. The van der Waals surface area contributed by atoms with Crippen molar-refractivity contribution in [3.63, 3.8) is 0 Å². The van der Waals surface area contributed by atoms with Crippen LogP contribution in [0.15, 0.2) is 65.3 Å². The number of nitro groups is 1. The fourth-order valence-corrected chi connectivity index (χ4v) is 4.35. The molecule has 1 amide bonds. The van der Waals surface area contributed by atoms with E-state index in [4.69, 9.17) is 13.9 Å². The number of benzene rings is 2. The second-order valence-electron chi connectivity index (χ2n) is 8.13. The molecule has 9 nitrogen and oxygen atoms in total. The predicted molar refractivity (Wildman–Crippen MR) is 126 cm³/mol. The van der Waals surface area contributed by atoms with E-state index in [2.05, 4.69) is 4.90 Å². The fourth-order valence-electron chi connectivity index (χ4n) is 4.35. The zero-order valence-electron chi connectivity index (χ0n) is 19.2. The molecule has 0 N–H and O–H groups in total. The van der Waals surface area contributed by atoms with Crippen molar-refractivity contribution in [3.05, 3.63) is 82.3 Å². The summed E-state index contributed by atoms with van der Waals surface area (Å²) in [4.78, 5) is 28.1. The average molecular weight is 466 g/mol. The molecule has 1 saturated heterocycles. The summed E-state index contributed by atoms with van der Waals surface area (Å²) in [6.45, 7) is 2.13. The number of amides is 1. The second-order valence-corrected chi connectivity index (χ2v) is 8.13. The van der Waals surface area contributed by atoms with Crippen molar-refractivity contribution in [1.29, 1.82) is 0 Å². The van der Waals surface area contributed by atoms with Gasteiger partial charge in [-0.25, -0.2) is 0 Å². The zero-order chi connectivity index (χ0) is 24.1. The van der Waals surface area contributed by atoms with Gasteiger partial charge in [-0.3, -0.25) is 19.8 Å². The van der Waals surface area contributed by atoms with Crippen molar-refractivity contribution in [1.82, 2.24) is 4.90 Å². The molecule has 4 rings (SSSR count). The number of likely N-dealkylation sites (tertiary alicyclic amines) is 1. The molecule has 1 fully saturated rings. The molecule has 0 aliphatic carbocycles. The summed E-state index contributed by atoms with van der Waals surface area (Å²) in [7, 11) is 3.13. The summed E-state index contributed by atoms with van der Waals surface area (Å²) in [5.41, 5.74) is 1.70. The van der Waals surface area contributed by atoms with Crippen molar-refractivity contribution < 1.29 is 23.6 Å². The molecule has 2 heterocycles. The first kappa shape index (κ1) is 23.3. The van der Waals surface area contributed by atoms with Crippen LogP contribution in [0.1, 0.15) is 29.0 Å². The van der Waals surface area contributed by atoms with Gasteiger partial charge in [-0.05, 0) is 42.7 Å². The second kappa shape index (κ2) is 10.4. The van der Waals surface area contributed by atoms with E-state index in [1.165, 1.54) is 12.3 Å². The zero-order valence-corrected chi connectivity index (χ0v) is 19.2. The van der Waals surface area contributed by atoms with Crippen LogP contribution in [0.5, 0.6) is 11.5 Å². The Bertz CT molecular complexity index is 1140. The van der Waals surface area contributed by atoms with Gasteiger partial charge in [0.1, 0.15) is 0 Å². The minimum Gasteiger partial charge on any atom is -0.493 e. The van der Waals surface area contributed by atoms with Crippen LogP contribution in [0.2, 0.25) is 0 Å². The predicted octanol–water partition coefficient (Wildman–Crippen LogP) is 4.52. The lowest BCUT2D eigenvalue weighted by Gasteiger charge is -2.38. The van der Waals surface area contributed by atoms with Crippen molar-refractivity contribution in [2.24, 2.45) is 0 Å². The number of carbonyl (C=O) groups is 1. The van der Waals surface area contributed by atoms with Gasteiger partial charge < -0.3 is 18.8 Å². The first-order valence-electron chi connectivity index (χ1n) is 11.0. The summed E-state index contributed by atoms with van der Waals surface area (Å²) in [5.74, 6) is 1.19. The van der Waals surface area contributed by atoms with Crippen LogP contribution >= 0.6 is 0 Å². The van der Waals surface area contributed by atoms with E-state index in [9.17, 15) is 14.9 Å². The molecule has 1 aliphatic heterocycles. The monoisotopic (exact) mass is 465 g/mol. The molecular formula is C25H27N3O6. The van der Waals surface area contributed by atoms with Crippen LogP contribution in [0.3, 0.4) is 0 Å². The Morgan fingerprint density at radius 1 is 1.09 bits per heavy atom. The first-order valence-corrected chi connectivity index (χ1v) is 11.0. The third-order valence-corrected chi connectivity index (χ3v) is 6.05. The Labute approximate surface area is 197 Å². The maximum absolute atomic E-state index is 13.4. The molecule has 0 radical (unpaired) electrons. The highest BCUT2D eigenvalue weighted by molar-refractivity contribution is 6.04. The number of piperidine rings is 1. The van der Waals surface area contributed by atoms with Gasteiger partial charge in [0, 0.05) is 49.6 Å². The highest BCUT2D eigenvalue weighted by Gasteiger charge is 2.31. The molecule has 1 aromatic heterocycles. The van der Waals surface area contributed by atoms with Crippen molar-refractivity contribution in [3.8, 4) is 11.5 Å². The lowest BCUT2D eigenvalue weighted by Crippen LogP contribution is -2.47. The Morgan fingerprint density at radius 3 is 2.50 bits per heavy atom. The Morgan fingerprint density at radius 2 is 1.85 bits per heavy atom. The molecule has 3 aromatic rings. The Balaban J connectivity index is 1.52. The number of rotatable bonds is 8. The molecule has 0 unspecified atom stereocenters. The van der Waals surface area contributed by atoms with Gasteiger partial charge in [0.05, 0.1) is 25.4 Å². The summed E-state index contributed by atoms with van der Waals surface area (Å²) in [6, 6.07) is 15.5. The van der Waals surface area contributed by atoms with Crippen LogP contribution in [0.25, 0.3) is 0 Å². The van der Waals surface area contributed by atoms with Crippen molar-refractivity contribution in [2.75, 3.05) is 32.2 Å². The number of anilines is 1. The molecule has 0 saturated carbocycles. The maximum atomic E-state index is 13.4. The van der Waals surface area contributed by atoms with E-state index in [0.29, 0.717) is 23.7 Å². The number of furan rings is 1. The standard InChI is InChI=1S/C25H27N3O6/c1-32-22-9-8-20(16-24(22)33-2)27(25(29)23-7-4-14-34-23)19-10-12-26(13-11-19)17-18-5-3-6-21(15-18)28(30)31/h3-9,14-16,19H,10-13,17H2,1-2H3. The summed E-state index contributed by atoms with van der Waals surface area (Å²) >= 11 is 0. The van der Waals surface area contributed by atoms with Gasteiger partial charge in [0.2, 0.25) is 0 Å². The number of methoxy groups -OCH3 is 2. The lowest BCUT2D eigenvalue weighted by atomic mass is 10.0. The topological polar surface area (TPSA) is 98.3 Å². The van der Waals surface area contributed by atoms with Crippen molar-refractivity contribution >= 4 is 17.3 Å². The van der Waals surface area contributed by atoms with Crippen LogP contribution in [0.4, 0.5) is 11.4 Å². The number of hydrogen-bond donors (Lipinski definition) is 0. The van der Waals surface area contributed by atoms with Gasteiger partial charge in [-0.1, -0.05) is 12.1 Å². The molecule has 178 valence electrons.